The van der Waals surface area contributed by atoms with Crippen LogP contribution in [0.3, 0.4) is 0 Å². The van der Waals surface area contributed by atoms with E-state index in [1.807, 2.05) is 43.3 Å². The molecule has 0 saturated carbocycles. The highest BCUT2D eigenvalue weighted by atomic mass is 16.5. The van der Waals surface area contributed by atoms with Crippen molar-refractivity contribution >= 4 is 11.0 Å². The number of rotatable bonds is 3. The fourth-order valence-corrected chi connectivity index (χ4v) is 2.47. The summed E-state index contributed by atoms with van der Waals surface area (Å²) in [4.78, 5) is 9.40. The Morgan fingerprint density at radius 2 is 1.59 bits per heavy atom. The molecule has 0 aliphatic carbocycles. The van der Waals surface area contributed by atoms with E-state index in [1.54, 1.807) is 0 Å². The van der Waals surface area contributed by atoms with Crippen molar-refractivity contribution in [1.29, 1.82) is 0 Å². The first-order valence-electron chi connectivity index (χ1n) is 7.56. The molecule has 3 heteroatoms. The van der Waals surface area contributed by atoms with Crippen molar-refractivity contribution in [3.05, 3.63) is 59.3 Å². The molecular weight excluding hydrogens is 272 g/mol. The molecule has 2 aromatic carbocycles. The second-order valence-corrected chi connectivity index (χ2v) is 5.93. The smallest absolute Gasteiger partial charge is 0.242 e. The molecule has 0 aliphatic heterocycles. The fourth-order valence-electron chi connectivity index (χ4n) is 2.47. The van der Waals surface area contributed by atoms with Gasteiger partial charge in [-0.05, 0) is 37.6 Å². The maximum absolute atomic E-state index is 6.09. The summed E-state index contributed by atoms with van der Waals surface area (Å²) in [5, 5.41) is 0. The first-order valence-corrected chi connectivity index (χ1v) is 7.56. The van der Waals surface area contributed by atoms with E-state index >= 15 is 0 Å². The number of aryl methyl sites for hydroxylation is 2. The van der Waals surface area contributed by atoms with E-state index in [9.17, 15) is 0 Å². The van der Waals surface area contributed by atoms with Crippen LogP contribution >= 0.6 is 0 Å². The summed E-state index contributed by atoms with van der Waals surface area (Å²) < 4.78 is 6.09. The summed E-state index contributed by atoms with van der Waals surface area (Å²) in [5.41, 5.74) is 4.97. The van der Waals surface area contributed by atoms with Crippen molar-refractivity contribution in [2.24, 2.45) is 0 Å². The van der Waals surface area contributed by atoms with Gasteiger partial charge in [0.05, 0.1) is 11.0 Å². The van der Waals surface area contributed by atoms with E-state index < -0.39 is 0 Å². The molecule has 0 unspecified atom stereocenters. The Labute approximate surface area is 131 Å². The minimum Gasteiger partial charge on any atom is -0.437 e. The highest BCUT2D eigenvalue weighted by Gasteiger charge is 2.15. The Morgan fingerprint density at radius 3 is 2.23 bits per heavy atom. The number of nitrogens with zero attached hydrogens (tertiary/aromatic N) is 2. The number of hydrogen-bond donors (Lipinski definition) is 0. The van der Waals surface area contributed by atoms with Crippen molar-refractivity contribution in [1.82, 2.24) is 9.97 Å². The van der Waals surface area contributed by atoms with Crippen LogP contribution in [0.15, 0.2) is 42.5 Å². The highest BCUT2D eigenvalue weighted by molar-refractivity contribution is 5.75. The number of para-hydroxylation sites is 2. The zero-order valence-corrected chi connectivity index (χ0v) is 13.4. The number of benzene rings is 2. The number of fused-ring (bicyclic) bond motifs is 1. The Kier molecular flexibility index (Phi) is 3.80. The first-order chi connectivity index (χ1) is 10.5. The van der Waals surface area contributed by atoms with E-state index in [1.165, 1.54) is 5.56 Å². The lowest BCUT2D eigenvalue weighted by atomic mass is 10.1. The second-order valence-electron chi connectivity index (χ2n) is 5.93. The van der Waals surface area contributed by atoms with Gasteiger partial charge in [-0.15, -0.1) is 0 Å². The average molecular weight is 292 g/mol. The van der Waals surface area contributed by atoms with E-state index in [-0.39, 0.29) is 5.92 Å². The molecule has 3 nitrogen and oxygen atoms in total. The van der Waals surface area contributed by atoms with Crippen LogP contribution in [-0.2, 0) is 0 Å². The molecule has 1 heterocycles. The molecule has 22 heavy (non-hydrogen) atoms. The zero-order valence-electron chi connectivity index (χ0n) is 13.4. The van der Waals surface area contributed by atoms with Gasteiger partial charge in [0, 0.05) is 5.92 Å². The molecule has 0 saturated heterocycles. The summed E-state index contributed by atoms with van der Waals surface area (Å²) in [6.45, 7) is 8.33. The molecule has 3 rings (SSSR count). The van der Waals surface area contributed by atoms with Crippen LogP contribution in [0.1, 0.15) is 36.6 Å². The van der Waals surface area contributed by atoms with Gasteiger partial charge >= 0.3 is 0 Å². The van der Waals surface area contributed by atoms with Gasteiger partial charge < -0.3 is 4.74 Å². The lowest BCUT2D eigenvalue weighted by molar-refractivity contribution is 0.448. The minimum atomic E-state index is 0.248. The Morgan fingerprint density at radius 1 is 0.909 bits per heavy atom. The molecular formula is C19H20N2O. The molecule has 1 aromatic heterocycles. The van der Waals surface area contributed by atoms with Crippen LogP contribution in [0.4, 0.5) is 0 Å². The third-order valence-electron chi connectivity index (χ3n) is 3.65. The molecule has 0 radical (unpaired) electrons. The Balaban J connectivity index is 2.10. The SMILES string of the molecule is Cc1ccc(Oc2nc3ccccc3nc2C(C)C)c(C)c1. The quantitative estimate of drug-likeness (QED) is 0.668. The number of ether oxygens (including phenoxy) is 1. The van der Waals surface area contributed by atoms with Gasteiger partial charge in [0.1, 0.15) is 11.4 Å². The highest BCUT2D eigenvalue weighted by Crippen LogP contribution is 2.31. The van der Waals surface area contributed by atoms with Gasteiger partial charge in [-0.3, -0.25) is 0 Å². The molecule has 0 N–H and O–H groups in total. The molecule has 3 aromatic rings. The van der Waals surface area contributed by atoms with E-state index in [0.29, 0.717) is 5.88 Å². The van der Waals surface area contributed by atoms with E-state index in [4.69, 9.17) is 9.72 Å². The summed E-state index contributed by atoms with van der Waals surface area (Å²) in [6, 6.07) is 14.0. The Bertz CT molecular complexity index is 825. The van der Waals surface area contributed by atoms with Crippen molar-refractivity contribution in [3.63, 3.8) is 0 Å². The normalized spacial score (nSPS) is 11.1. The van der Waals surface area contributed by atoms with Crippen LogP contribution in [0.2, 0.25) is 0 Å². The second kappa shape index (κ2) is 5.76. The minimum absolute atomic E-state index is 0.248. The number of hydrogen-bond acceptors (Lipinski definition) is 3. The predicted octanol–water partition coefficient (Wildman–Crippen LogP) is 5.16. The van der Waals surface area contributed by atoms with Crippen molar-refractivity contribution in [2.75, 3.05) is 0 Å². The Hall–Kier alpha value is -2.42. The van der Waals surface area contributed by atoms with Gasteiger partial charge in [-0.1, -0.05) is 43.7 Å². The maximum Gasteiger partial charge on any atom is 0.242 e. The maximum atomic E-state index is 6.09. The van der Waals surface area contributed by atoms with Gasteiger partial charge in [0.15, 0.2) is 0 Å². The molecule has 0 spiro atoms. The zero-order chi connectivity index (χ0) is 15.7. The molecule has 0 fully saturated rings. The summed E-state index contributed by atoms with van der Waals surface area (Å²) in [6.07, 6.45) is 0. The molecule has 112 valence electrons. The van der Waals surface area contributed by atoms with Gasteiger partial charge in [0.25, 0.3) is 0 Å². The lowest BCUT2D eigenvalue weighted by Gasteiger charge is -2.14. The van der Waals surface area contributed by atoms with Gasteiger partial charge in [-0.2, -0.15) is 0 Å². The van der Waals surface area contributed by atoms with E-state index in [0.717, 1.165) is 28.0 Å². The summed E-state index contributed by atoms with van der Waals surface area (Å²) in [5.74, 6) is 1.68. The van der Waals surface area contributed by atoms with Crippen LogP contribution in [0.5, 0.6) is 11.6 Å². The number of aromatic nitrogens is 2. The lowest BCUT2D eigenvalue weighted by Crippen LogP contribution is -2.02. The average Bonchev–Trinajstić information content (AvgIpc) is 2.49. The van der Waals surface area contributed by atoms with Crippen molar-refractivity contribution in [3.8, 4) is 11.6 Å². The van der Waals surface area contributed by atoms with Gasteiger partial charge in [0.2, 0.25) is 5.88 Å². The monoisotopic (exact) mass is 292 g/mol. The first kappa shape index (κ1) is 14.5. The van der Waals surface area contributed by atoms with Crippen molar-refractivity contribution in [2.45, 2.75) is 33.6 Å². The van der Waals surface area contributed by atoms with Crippen LogP contribution in [0, 0.1) is 13.8 Å². The topological polar surface area (TPSA) is 35.0 Å². The van der Waals surface area contributed by atoms with Crippen LogP contribution < -0.4 is 4.74 Å². The fraction of sp³-hybridized carbons (Fsp3) is 0.263. The van der Waals surface area contributed by atoms with Crippen molar-refractivity contribution < 1.29 is 4.74 Å². The molecule has 0 bridgehead atoms. The summed E-state index contributed by atoms with van der Waals surface area (Å²) in [7, 11) is 0. The largest absolute Gasteiger partial charge is 0.437 e. The van der Waals surface area contributed by atoms with Gasteiger partial charge in [-0.25, -0.2) is 9.97 Å². The third kappa shape index (κ3) is 2.80. The summed E-state index contributed by atoms with van der Waals surface area (Å²) >= 11 is 0. The predicted molar refractivity (Wildman–Crippen MR) is 89.6 cm³/mol. The molecule has 0 amide bonds. The molecule has 0 aliphatic rings. The standard InChI is InChI=1S/C19H20N2O/c1-12(2)18-19(21-16-8-6-5-7-15(16)20-18)22-17-10-9-13(3)11-14(17)4/h5-12H,1-4H3. The van der Waals surface area contributed by atoms with Crippen LogP contribution in [-0.4, -0.2) is 9.97 Å². The van der Waals surface area contributed by atoms with Crippen LogP contribution in [0.25, 0.3) is 11.0 Å². The third-order valence-corrected chi connectivity index (χ3v) is 3.65. The van der Waals surface area contributed by atoms with E-state index in [2.05, 4.69) is 31.8 Å². The molecule has 0 atom stereocenters.